The van der Waals surface area contributed by atoms with Crippen LogP contribution in [0.4, 0.5) is 0 Å². The summed E-state index contributed by atoms with van der Waals surface area (Å²) in [5, 5.41) is 8.61. The van der Waals surface area contributed by atoms with Crippen molar-refractivity contribution in [1.29, 1.82) is 5.26 Å². The van der Waals surface area contributed by atoms with E-state index in [1.54, 1.807) is 6.92 Å². The van der Waals surface area contributed by atoms with E-state index < -0.39 is 0 Å². The Kier molecular flexibility index (Phi) is 1.83. The molecule has 3 nitrogen and oxygen atoms in total. The van der Waals surface area contributed by atoms with E-state index in [1.165, 1.54) is 6.20 Å². The first-order valence-corrected chi connectivity index (χ1v) is 3.01. The Labute approximate surface area is 63.3 Å². The van der Waals surface area contributed by atoms with Gasteiger partial charge < -0.3 is 0 Å². The Bertz CT molecular complexity index is 290. The summed E-state index contributed by atoms with van der Waals surface area (Å²) in [5.41, 5.74) is 1.08. The lowest BCUT2D eigenvalue weighted by Gasteiger charge is -1.92. The zero-order chi connectivity index (χ0) is 7.56. The fraction of sp³-hybridized carbons (Fsp3) is 0.167. The zero-order valence-corrected chi connectivity index (χ0v) is 6.05. The molecular weight excluding hydrogens is 150 g/mol. The van der Waals surface area contributed by atoms with Gasteiger partial charge in [0.2, 0.25) is 5.28 Å². The summed E-state index contributed by atoms with van der Waals surface area (Å²) in [6, 6.07) is 1.94. The predicted molar refractivity (Wildman–Crippen MR) is 36.5 cm³/mol. The number of nitrogens with zero attached hydrogens (tertiary/aromatic N) is 3. The number of aryl methyl sites for hydroxylation is 1. The molecule has 1 heterocycles. The quantitative estimate of drug-likeness (QED) is 0.528. The van der Waals surface area contributed by atoms with E-state index in [4.69, 9.17) is 16.9 Å². The van der Waals surface area contributed by atoms with Crippen LogP contribution in [0.5, 0.6) is 0 Å². The first-order valence-electron chi connectivity index (χ1n) is 2.63. The third-order valence-corrected chi connectivity index (χ3v) is 1.25. The van der Waals surface area contributed by atoms with E-state index in [0.29, 0.717) is 11.3 Å². The smallest absolute Gasteiger partial charge is 0.222 e. The van der Waals surface area contributed by atoms with Crippen molar-refractivity contribution >= 4 is 11.6 Å². The molecule has 0 spiro atoms. The summed E-state index contributed by atoms with van der Waals surface area (Å²) in [4.78, 5) is 7.42. The van der Waals surface area contributed by atoms with Crippen molar-refractivity contribution in [3.8, 4) is 6.07 Å². The minimum Gasteiger partial charge on any atom is -0.225 e. The van der Waals surface area contributed by atoms with Crippen molar-refractivity contribution in [2.75, 3.05) is 0 Å². The van der Waals surface area contributed by atoms with E-state index in [1.807, 2.05) is 6.07 Å². The van der Waals surface area contributed by atoms with Crippen LogP contribution in [0.1, 0.15) is 11.3 Å². The van der Waals surface area contributed by atoms with Gasteiger partial charge in [-0.25, -0.2) is 9.97 Å². The molecule has 0 aliphatic heterocycles. The number of hydrogen-bond acceptors (Lipinski definition) is 3. The van der Waals surface area contributed by atoms with Crippen molar-refractivity contribution in [2.24, 2.45) is 0 Å². The zero-order valence-electron chi connectivity index (χ0n) is 5.30. The largest absolute Gasteiger partial charge is 0.225 e. The van der Waals surface area contributed by atoms with E-state index in [0.717, 1.165) is 0 Å². The Balaban J connectivity index is 3.23. The Morgan fingerprint density at radius 3 is 2.90 bits per heavy atom. The normalized spacial score (nSPS) is 8.90. The number of halogens is 1. The second-order valence-corrected chi connectivity index (χ2v) is 2.09. The Morgan fingerprint density at radius 1 is 1.70 bits per heavy atom. The van der Waals surface area contributed by atoms with Crippen LogP contribution in [-0.4, -0.2) is 9.97 Å². The molecule has 1 aromatic heterocycles. The molecule has 0 bridgehead atoms. The standard InChI is InChI=1S/C6H4ClN3/c1-4-5(2-8)3-9-6(7)10-4/h3H,1H3. The van der Waals surface area contributed by atoms with Gasteiger partial charge >= 0.3 is 0 Å². The van der Waals surface area contributed by atoms with Crippen LogP contribution >= 0.6 is 11.6 Å². The summed E-state index contributed by atoms with van der Waals surface area (Å²) >= 11 is 5.44. The Morgan fingerprint density at radius 2 is 2.40 bits per heavy atom. The minimum absolute atomic E-state index is 0.177. The van der Waals surface area contributed by atoms with Crippen molar-refractivity contribution in [3.63, 3.8) is 0 Å². The van der Waals surface area contributed by atoms with Gasteiger partial charge in [0.25, 0.3) is 0 Å². The van der Waals surface area contributed by atoms with E-state index in [2.05, 4.69) is 9.97 Å². The van der Waals surface area contributed by atoms with Crippen molar-refractivity contribution in [1.82, 2.24) is 9.97 Å². The van der Waals surface area contributed by atoms with Gasteiger partial charge in [0, 0.05) is 6.20 Å². The van der Waals surface area contributed by atoms with Gasteiger partial charge in [-0.15, -0.1) is 0 Å². The van der Waals surface area contributed by atoms with Gasteiger partial charge in [0.1, 0.15) is 6.07 Å². The average Bonchev–Trinajstić information content (AvgIpc) is 1.88. The molecule has 0 radical (unpaired) electrons. The highest BCUT2D eigenvalue weighted by Gasteiger charge is 1.98. The third-order valence-electron chi connectivity index (χ3n) is 1.07. The fourth-order valence-electron chi connectivity index (χ4n) is 0.548. The molecule has 0 aliphatic carbocycles. The van der Waals surface area contributed by atoms with Crippen LogP contribution in [0.2, 0.25) is 5.28 Å². The molecule has 0 unspecified atom stereocenters. The maximum atomic E-state index is 8.44. The molecule has 0 fully saturated rings. The summed E-state index contributed by atoms with van der Waals surface area (Å²) in [5.74, 6) is 0. The van der Waals surface area contributed by atoms with Gasteiger partial charge in [-0.1, -0.05) is 0 Å². The lowest BCUT2D eigenvalue weighted by atomic mass is 10.3. The van der Waals surface area contributed by atoms with Gasteiger partial charge in [-0.05, 0) is 18.5 Å². The average molecular weight is 154 g/mol. The van der Waals surface area contributed by atoms with Crippen LogP contribution in [0, 0.1) is 18.3 Å². The molecule has 0 saturated carbocycles. The molecule has 0 atom stereocenters. The summed E-state index contributed by atoms with van der Waals surface area (Å²) < 4.78 is 0. The van der Waals surface area contributed by atoms with E-state index >= 15 is 0 Å². The molecular formula is C6H4ClN3. The summed E-state index contributed by atoms with van der Waals surface area (Å²) in [7, 11) is 0. The van der Waals surface area contributed by atoms with Crippen LogP contribution in [0.25, 0.3) is 0 Å². The van der Waals surface area contributed by atoms with Crippen LogP contribution in [0.15, 0.2) is 6.20 Å². The van der Waals surface area contributed by atoms with Crippen LogP contribution in [0.3, 0.4) is 0 Å². The topological polar surface area (TPSA) is 49.6 Å². The molecule has 1 aromatic rings. The minimum atomic E-state index is 0.177. The van der Waals surface area contributed by atoms with E-state index in [-0.39, 0.29) is 5.28 Å². The summed E-state index contributed by atoms with van der Waals surface area (Å²) in [6.45, 7) is 1.71. The maximum Gasteiger partial charge on any atom is 0.222 e. The SMILES string of the molecule is Cc1nc(Cl)ncc1C#N. The van der Waals surface area contributed by atoms with Crippen LogP contribution < -0.4 is 0 Å². The van der Waals surface area contributed by atoms with E-state index in [9.17, 15) is 0 Å². The highest BCUT2D eigenvalue weighted by Crippen LogP contribution is 2.04. The molecule has 0 aromatic carbocycles. The second-order valence-electron chi connectivity index (χ2n) is 1.75. The molecule has 0 aliphatic rings. The lowest BCUT2D eigenvalue weighted by Crippen LogP contribution is -1.89. The number of hydrogen-bond donors (Lipinski definition) is 0. The highest BCUT2D eigenvalue weighted by molar-refractivity contribution is 6.28. The molecule has 10 heavy (non-hydrogen) atoms. The monoisotopic (exact) mass is 153 g/mol. The summed E-state index contributed by atoms with van der Waals surface area (Å²) in [6.07, 6.45) is 1.41. The van der Waals surface area contributed by atoms with Gasteiger partial charge in [-0.2, -0.15) is 5.26 Å². The Hall–Kier alpha value is -1.14. The predicted octanol–water partition coefficient (Wildman–Crippen LogP) is 1.31. The molecule has 1 rings (SSSR count). The first kappa shape index (κ1) is 6.97. The fourth-order valence-corrected chi connectivity index (χ4v) is 0.724. The van der Waals surface area contributed by atoms with Crippen molar-refractivity contribution in [3.05, 3.63) is 22.7 Å². The second kappa shape index (κ2) is 2.63. The van der Waals surface area contributed by atoms with Gasteiger partial charge in [0.15, 0.2) is 0 Å². The number of aromatic nitrogens is 2. The van der Waals surface area contributed by atoms with Gasteiger partial charge in [0.05, 0.1) is 11.3 Å². The molecule has 0 saturated heterocycles. The molecule has 4 heteroatoms. The maximum absolute atomic E-state index is 8.44. The van der Waals surface area contributed by atoms with Crippen molar-refractivity contribution < 1.29 is 0 Å². The molecule has 0 amide bonds. The first-order chi connectivity index (χ1) is 4.74. The van der Waals surface area contributed by atoms with Crippen LogP contribution in [-0.2, 0) is 0 Å². The number of nitriles is 1. The molecule has 0 N–H and O–H groups in total. The third kappa shape index (κ3) is 1.23. The number of rotatable bonds is 0. The molecule has 50 valence electrons. The highest BCUT2D eigenvalue weighted by atomic mass is 35.5. The van der Waals surface area contributed by atoms with Crippen molar-refractivity contribution in [2.45, 2.75) is 6.92 Å². The lowest BCUT2D eigenvalue weighted by molar-refractivity contribution is 1.09. The van der Waals surface area contributed by atoms with Gasteiger partial charge in [-0.3, -0.25) is 0 Å².